The highest BCUT2D eigenvalue weighted by atomic mass is 35.5. The van der Waals surface area contributed by atoms with Crippen molar-refractivity contribution in [1.29, 1.82) is 0 Å². The van der Waals surface area contributed by atoms with Gasteiger partial charge in [0, 0.05) is 10.6 Å². The van der Waals surface area contributed by atoms with Gasteiger partial charge in [-0.15, -0.1) is 0 Å². The second-order valence-corrected chi connectivity index (χ2v) is 4.52. The molecule has 0 aliphatic carbocycles. The Morgan fingerprint density at radius 1 is 1.10 bits per heavy atom. The summed E-state index contributed by atoms with van der Waals surface area (Å²) in [6.07, 6.45) is -4.55. The molecule has 0 bridgehead atoms. The molecule has 0 unspecified atom stereocenters. The lowest BCUT2D eigenvalue weighted by molar-refractivity contribution is -0.138. The van der Waals surface area contributed by atoms with E-state index in [0.717, 1.165) is 0 Å². The molecule has 106 valence electrons. The molecule has 0 aliphatic heterocycles. The predicted molar refractivity (Wildman–Crippen MR) is 68.9 cm³/mol. The first-order valence-corrected chi connectivity index (χ1v) is 6.01. The third-order valence-electron chi connectivity index (χ3n) is 2.59. The first-order chi connectivity index (χ1) is 9.36. The average molecular weight is 303 g/mol. The summed E-state index contributed by atoms with van der Waals surface area (Å²) >= 11 is 5.76. The van der Waals surface area contributed by atoms with Crippen molar-refractivity contribution in [2.45, 2.75) is 12.8 Å². The van der Waals surface area contributed by atoms with Gasteiger partial charge in [0.25, 0.3) is 0 Å². The van der Waals surface area contributed by atoms with Crippen LogP contribution < -0.4 is 4.74 Å². The van der Waals surface area contributed by atoms with E-state index in [2.05, 4.69) is 0 Å². The van der Waals surface area contributed by atoms with Crippen molar-refractivity contribution in [3.63, 3.8) is 0 Å². The first-order valence-electron chi connectivity index (χ1n) is 5.64. The molecule has 6 heteroatoms. The van der Waals surface area contributed by atoms with Crippen LogP contribution in [0, 0.1) is 0 Å². The Morgan fingerprint density at radius 3 is 2.50 bits per heavy atom. The van der Waals surface area contributed by atoms with Crippen molar-refractivity contribution >= 4 is 11.6 Å². The standard InChI is InChI=1S/C14H10ClF3O2/c15-10-2-1-3-12(6-10)20-8-9-4-5-11(19)7-13(9)14(16,17)18/h1-7,19H,8H2. The number of phenols is 1. The van der Waals surface area contributed by atoms with Gasteiger partial charge < -0.3 is 9.84 Å². The molecule has 1 N–H and O–H groups in total. The number of hydrogen-bond donors (Lipinski definition) is 1. The summed E-state index contributed by atoms with van der Waals surface area (Å²) < 4.78 is 43.8. The molecule has 2 rings (SSSR count). The third kappa shape index (κ3) is 3.57. The second kappa shape index (κ2) is 5.63. The van der Waals surface area contributed by atoms with Crippen LogP contribution in [0.3, 0.4) is 0 Å². The smallest absolute Gasteiger partial charge is 0.416 e. The monoisotopic (exact) mass is 302 g/mol. The lowest BCUT2D eigenvalue weighted by atomic mass is 10.1. The molecule has 2 aromatic carbocycles. The predicted octanol–water partition coefficient (Wildman–Crippen LogP) is 4.64. The molecular weight excluding hydrogens is 293 g/mol. The largest absolute Gasteiger partial charge is 0.508 e. The van der Waals surface area contributed by atoms with Crippen LogP contribution in [0.1, 0.15) is 11.1 Å². The molecule has 0 spiro atoms. The molecule has 0 saturated heterocycles. The fraction of sp³-hybridized carbons (Fsp3) is 0.143. The van der Waals surface area contributed by atoms with Gasteiger partial charge in [0.1, 0.15) is 18.1 Å². The van der Waals surface area contributed by atoms with Gasteiger partial charge in [-0.05, 0) is 30.3 Å². The van der Waals surface area contributed by atoms with Crippen LogP contribution in [-0.4, -0.2) is 5.11 Å². The van der Waals surface area contributed by atoms with Gasteiger partial charge in [0.05, 0.1) is 5.56 Å². The van der Waals surface area contributed by atoms with E-state index < -0.39 is 17.5 Å². The van der Waals surface area contributed by atoms with E-state index in [1.807, 2.05) is 0 Å². The van der Waals surface area contributed by atoms with Gasteiger partial charge in [-0.2, -0.15) is 13.2 Å². The fourth-order valence-corrected chi connectivity index (χ4v) is 1.85. The van der Waals surface area contributed by atoms with Crippen molar-refractivity contribution in [2.24, 2.45) is 0 Å². The van der Waals surface area contributed by atoms with E-state index in [0.29, 0.717) is 16.8 Å². The quantitative estimate of drug-likeness (QED) is 0.894. The van der Waals surface area contributed by atoms with Crippen LogP contribution >= 0.6 is 11.6 Å². The number of phenolic OH excluding ortho intramolecular Hbond substituents is 1. The Morgan fingerprint density at radius 2 is 1.85 bits per heavy atom. The SMILES string of the molecule is Oc1ccc(COc2cccc(Cl)c2)c(C(F)(F)F)c1. The second-order valence-electron chi connectivity index (χ2n) is 4.09. The van der Waals surface area contributed by atoms with Gasteiger partial charge in [-0.25, -0.2) is 0 Å². The average Bonchev–Trinajstić information content (AvgIpc) is 2.36. The number of hydrogen-bond acceptors (Lipinski definition) is 2. The van der Waals surface area contributed by atoms with Gasteiger partial charge in [0.15, 0.2) is 0 Å². The maximum atomic E-state index is 12.8. The van der Waals surface area contributed by atoms with Crippen molar-refractivity contribution in [3.05, 3.63) is 58.6 Å². The lowest BCUT2D eigenvalue weighted by Crippen LogP contribution is -2.10. The highest BCUT2D eigenvalue weighted by molar-refractivity contribution is 6.30. The molecular formula is C14H10ClF3O2. The molecule has 0 radical (unpaired) electrons. The topological polar surface area (TPSA) is 29.5 Å². The summed E-state index contributed by atoms with van der Waals surface area (Å²) in [5, 5.41) is 9.60. The molecule has 0 saturated carbocycles. The number of benzene rings is 2. The Labute approximate surface area is 118 Å². The van der Waals surface area contributed by atoms with E-state index in [-0.39, 0.29) is 12.2 Å². The molecule has 20 heavy (non-hydrogen) atoms. The molecule has 0 heterocycles. The molecule has 0 amide bonds. The lowest BCUT2D eigenvalue weighted by Gasteiger charge is -2.14. The van der Waals surface area contributed by atoms with Crippen molar-refractivity contribution in [1.82, 2.24) is 0 Å². The minimum atomic E-state index is -4.55. The number of halogens is 4. The Balaban J connectivity index is 2.21. The van der Waals surface area contributed by atoms with Crippen LogP contribution in [-0.2, 0) is 12.8 Å². The highest BCUT2D eigenvalue weighted by Gasteiger charge is 2.33. The van der Waals surface area contributed by atoms with E-state index in [9.17, 15) is 13.2 Å². The van der Waals surface area contributed by atoms with Gasteiger partial charge in [0.2, 0.25) is 0 Å². The van der Waals surface area contributed by atoms with Gasteiger partial charge in [-0.1, -0.05) is 23.7 Å². The zero-order valence-electron chi connectivity index (χ0n) is 10.1. The Hall–Kier alpha value is -1.88. The van der Waals surface area contributed by atoms with Crippen molar-refractivity contribution < 1.29 is 23.0 Å². The van der Waals surface area contributed by atoms with Gasteiger partial charge >= 0.3 is 6.18 Å². The van der Waals surface area contributed by atoms with Crippen LogP contribution in [0.5, 0.6) is 11.5 Å². The summed E-state index contributed by atoms with van der Waals surface area (Å²) in [5.74, 6) is -0.0671. The summed E-state index contributed by atoms with van der Waals surface area (Å²) in [6.45, 7) is -0.268. The fourth-order valence-electron chi connectivity index (χ4n) is 1.67. The summed E-state index contributed by atoms with van der Waals surface area (Å²) in [7, 11) is 0. The number of alkyl halides is 3. The van der Waals surface area contributed by atoms with E-state index in [1.54, 1.807) is 18.2 Å². The maximum absolute atomic E-state index is 12.8. The first kappa shape index (κ1) is 14.5. The molecule has 0 aliphatic rings. The highest BCUT2D eigenvalue weighted by Crippen LogP contribution is 2.34. The Kier molecular flexibility index (Phi) is 4.09. The minimum Gasteiger partial charge on any atom is -0.508 e. The molecule has 2 aromatic rings. The minimum absolute atomic E-state index is 0.0599. The summed E-state index contributed by atoms with van der Waals surface area (Å²) in [6, 6.07) is 9.43. The van der Waals surface area contributed by atoms with Crippen LogP contribution in [0.25, 0.3) is 0 Å². The Bertz CT molecular complexity index is 612. The zero-order valence-corrected chi connectivity index (χ0v) is 10.9. The molecule has 0 atom stereocenters. The van der Waals surface area contributed by atoms with E-state index in [4.69, 9.17) is 21.4 Å². The summed E-state index contributed by atoms with van der Waals surface area (Å²) in [5.41, 5.74) is -0.977. The van der Waals surface area contributed by atoms with Crippen LogP contribution in [0.15, 0.2) is 42.5 Å². The van der Waals surface area contributed by atoms with Gasteiger partial charge in [-0.3, -0.25) is 0 Å². The number of rotatable bonds is 3. The third-order valence-corrected chi connectivity index (χ3v) is 2.82. The van der Waals surface area contributed by atoms with Crippen molar-refractivity contribution in [3.8, 4) is 11.5 Å². The van der Waals surface area contributed by atoms with Crippen LogP contribution in [0.2, 0.25) is 5.02 Å². The summed E-state index contributed by atoms with van der Waals surface area (Å²) in [4.78, 5) is 0. The number of aromatic hydroxyl groups is 1. The zero-order chi connectivity index (χ0) is 14.8. The molecule has 0 aromatic heterocycles. The van der Waals surface area contributed by atoms with E-state index in [1.165, 1.54) is 18.2 Å². The molecule has 0 fully saturated rings. The van der Waals surface area contributed by atoms with E-state index >= 15 is 0 Å². The molecule has 2 nitrogen and oxygen atoms in total. The van der Waals surface area contributed by atoms with Crippen molar-refractivity contribution in [2.75, 3.05) is 0 Å². The normalized spacial score (nSPS) is 11.4. The maximum Gasteiger partial charge on any atom is 0.416 e. The van der Waals surface area contributed by atoms with Crippen LogP contribution in [0.4, 0.5) is 13.2 Å². The number of ether oxygens (including phenoxy) is 1.